The van der Waals surface area contributed by atoms with Crippen LogP contribution in [0.4, 0.5) is 0 Å². The van der Waals surface area contributed by atoms with Gasteiger partial charge in [-0.05, 0) is 19.3 Å². The highest BCUT2D eigenvalue weighted by Gasteiger charge is 2.23. The number of unbranched alkanes of at least 4 members (excludes halogenated alkanes) is 8. The summed E-state index contributed by atoms with van der Waals surface area (Å²) in [6.45, 7) is 9.46. The Morgan fingerprint density at radius 3 is 2.09 bits per heavy atom. The SMILES string of the molecule is C=CC(=O)OCCCCCCCCCCC[N+]1(C)CCOCC1. The molecule has 0 aromatic rings. The number of carbonyl (C=O) groups excluding carboxylic acids is 1. The number of likely N-dealkylation sites (N-methyl/N-ethyl adjacent to an activating group) is 1. The second-order valence-electron chi connectivity index (χ2n) is 6.96. The molecule has 4 nitrogen and oxygen atoms in total. The molecule has 0 aromatic heterocycles. The first kappa shape index (κ1) is 20.2. The monoisotopic (exact) mass is 326 g/mol. The maximum Gasteiger partial charge on any atom is 0.330 e. The second-order valence-corrected chi connectivity index (χ2v) is 6.96. The van der Waals surface area contributed by atoms with E-state index in [2.05, 4.69) is 13.6 Å². The number of hydrogen-bond acceptors (Lipinski definition) is 3. The van der Waals surface area contributed by atoms with Gasteiger partial charge in [-0.1, -0.05) is 45.1 Å². The Morgan fingerprint density at radius 1 is 1.00 bits per heavy atom. The van der Waals surface area contributed by atoms with Crippen molar-refractivity contribution in [3.63, 3.8) is 0 Å². The number of nitrogens with zero attached hydrogens (tertiary/aromatic N) is 1. The molecule has 0 amide bonds. The summed E-state index contributed by atoms with van der Waals surface area (Å²) >= 11 is 0. The fraction of sp³-hybridized carbons (Fsp3) is 0.842. The van der Waals surface area contributed by atoms with E-state index in [4.69, 9.17) is 9.47 Å². The van der Waals surface area contributed by atoms with E-state index >= 15 is 0 Å². The van der Waals surface area contributed by atoms with Crippen LogP contribution >= 0.6 is 0 Å². The highest BCUT2D eigenvalue weighted by Crippen LogP contribution is 2.13. The van der Waals surface area contributed by atoms with E-state index in [-0.39, 0.29) is 5.97 Å². The van der Waals surface area contributed by atoms with Crippen LogP contribution in [0.1, 0.15) is 57.8 Å². The quantitative estimate of drug-likeness (QED) is 0.224. The van der Waals surface area contributed by atoms with E-state index in [1.165, 1.54) is 75.1 Å². The lowest BCUT2D eigenvalue weighted by atomic mass is 10.1. The van der Waals surface area contributed by atoms with Crippen LogP contribution in [0.2, 0.25) is 0 Å². The molecule has 0 N–H and O–H groups in total. The minimum absolute atomic E-state index is 0.307. The van der Waals surface area contributed by atoms with Gasteiger partial charge in [0.25, 0.3) is 0 Å². The first-order valence-corrected chi connectivity index (χ1v) is 9.37. The molecule has 0 aliphatic carbocycles. The molecule has 0 atom stereocenters. The van der Waals surface area contributed by atoms with Crippen molar-refractivity contribution in [1.82, 2.24) is 0 Å². The molecule has 4 heteroatoms. The fourth-order valence-electron chi connectivity index (χ4n) is 3.07. The topological polar surface area (TPSA) is 35.5 Å². The Labute approximate surface area is 142 Å². The third kappa shape index (κ3) is 10.5. The van der Waals surface area contributed by atoms with E-state index in [0.29, 0.717) is 6.61 Å². The smallest absolute Gasteiger partial charge is 0.330 e. The number of quaternary nitrogens is 1. The van der Waals surface area contributed by atoms with Crippen molar-refractivity contribution in [3.8, 4) is 0 Å². The van der Waals surface area contributed by atoms with Gasteiger partial charge in [0.1, 0.15) is 13.1 Å². The lowest BCUT2D eigenvalue weighted by molar-refractivity contribution is -0.917. The molecule has 0 unspecified atom stereocenters. The molecular formula is C19H36NO3+. The Bertz CT molecular complexity index is 325. The summed E-state index contributed by atoms with van der Waals surface area (Å²) in [6, 6.07) is 0. The van der Waals surface area contributed by atoms with Gasteiger partial charge in [-0.15, -0.1) is 0 Å². The van der Waals surface area contributed by atoms with Crippen molar-refractivity contribution < 1.29 is 18.8 Å². The van der Waals surface area contributed by atoms with Crippen LogP contribution in [-0.4, -0.2) is 57.0 Å². The third-order valence-electron chi connectivity index (χ3n) is 4.80. The summed E-state index contributed by atoms with van der Waals surface area (Å²) in [5, 5.41) is 0. The number of carbonyl (C=O) groups is 1. The number of hydrogen-bond donors (Lipinski definition) is 0. The van der Waals surface area contributed by atoms with Crippen LogP contribution < -0.4 is 0 Å². The normalized spacial score (nSPS) is 16.9. The molecule has 1 rings (SSSR count). The van der Waals surface area contributed by atoms with Crippen LogP contribution in [0.3, 0.4) is 0 Å². The van der Waals surface area contributed by atoms with Crippen molar-refractivity contribution in [1.29, 1.82) is 0 Å². The van der Waals surface area contributed by atoms with Crippen molar-refractivity contribution >= 4 is 5.97 Å². The van der Waals surface area contributed by atoms with Gasteiger partial charge in [0.15, 0.2) is 0 Å². The molecule has 23 heavy (non-hydrogen) atoms. The molecular weight excluding hydrogens is 290 g/mol. The summed E-state index contributed by atoms with van der Waals surface area (Å²) in [6.07, 6.45) is 12.7. The Hall–Kier alpha value is -0.870. The molecule has 0 bridgehead atoms. The van der Waals surface area contributed by atoms with Crippen LogP contribution in [0.5, 0.6) is 0 Å². The van der Waals surface area contributed by atoms with Crippen LogP contribution in [0.15, 0.2) is 12.7 Å². The maximum absolute atomic E-state index is 10.8. The number of rotatable bonds is 13. The lowest BCUT2D eigenvalue weighted by Gasteiger charge is -2.37. The average Bonchev–Trinajstić information content (AvgIpc) is 2.56. The minimum atomic E-state index is -0.307. The minimum Gasteiger partial charge on any atom is -0.463 e. The zero-order valence-corrected chi connectivity index (χ0v) is 15.1. The van der Waals surface area contributed by atoms with Gasteiger partial charge < -0.3 is 14.0 Å². The predicted molar refractivity (Wildman–Crippen MR) is 94.3 cm³/mol. The summed E-state index contributed by atoms with van der Waals surface area (Å²) < 4.78 is 11.6. The highest BCUT2D eigenvalue weighted by atomic mass is 16.5. The first-order valence-electron chi connectivity index (χ1n) is 9.37. The molecule has 0 saturated carbocycles. The molecule has 1 aliphatic heterocycles. The van der Waals surface area contributed by atoms with E-state index in [1.54, 1.807) is 0 Å². The number of ether oxygens (including phenoxy) is 2. The van der Waals surface area contributed by atoms with Gasteiger partial charge in [0.2, 0.25) is 0 Å². The largest absolute Gasteiger partial charge is 0.463 e. The Morgan fingerprint density at radius 2 is 1.52 bits per heavy atom. The molecule has 1 aliphatic rings. The number of morpholine rings is 1. The van der Waals surface area contributed by atoms with Crippen LogP contribution in [-0.2, 0) is 14.3 Å². The highest BCUT2D eigenvalue weighted by molar-refractivity contribution is 5.81. The van der Waals surface area contributed by atoms with Gasteiger partial charge in [-0.25, -0.2) is 4.79 Å². The molecule has 0 aromatic carbocycles. The van der Waals surface area contributed by atoms with E-state index in [9.17, 15) is 4.79 Å². The summed E-state index contributed by atoms with van der Waals surface area (Å²) in [5.41, 5.74) is 0. The van der Waals surface area contributed by atoms with Crippen molar-refractivity contribution in [2.75, 3.05) is 46.5 Å². The molecule has 1 heterocycles. The third-order valence-corrected chi connectivity index (χ3v) is 4.80. The Kier molecular flexibility index (Phi) is 11.0. The zero-order chi connectivity index (χ0) is 16.8. The van der Waals surface area contributed by atoms with E-state index < -0.39 is 0 Å². The number of esters is 1. The molecule has 0 radical (unpaired) electrons. The van der Waals surface area contributed by atoms with Gasteiger partial charge >= 0.3 is 5.97 Å². The molecule has 134 valence electrons. The predicted octanol–water partition coefficient (Wildman–Crippen LogP) is 3.70. The maximum atomic E-state index is 10.8. The van der Waals surface area contributed by atoms with E-state index in [1.807, 2.05) is 0 Å². The van der Waals surface area contributed by atoms with Crippen LogP contribution in [0.25, 0.3) is 0 Å². The second kappa shape index (κ2) is 12.5. The van der Waals surface area contributed by atoms with Gasteiger partial charge in [-0.2, -0.15) is 0 Å². The van der Waals surface area contributed by atoms with Crippen molar-refractivity contribution in [2.45, 2.75) is 57.8 Å². The summed E-state index contributed by atoms with van der Waals surface area (Å²) in [7, 11) is 2.37. The average molecular weight is 327 g/mol. The summed E-state index contributed by atoms with van der Waals surface area (Å²) in [5.74, 6) is -0.307. The first-order chi connectivity index (χ1) is 11.2. The zero-order valence-electron chi connectivity index (χ0n) is 15.1. The Balaban J connectivity index is 1.79. The van der Waals surface area contributed by atoms with Gasteiger partial charge in [-0.3, -0.25) is 0 Å². The standard InChI is InChI=1S/C19H36NO3/c1-3-19(21)23-16-12-10-8-6-4-5-7-9-11-13-20(2)14-17-22-18-15-20/h3H,1,4-18H2,2H3/q+1. The van der Waals surface area contributed by atoms with Crippen LogP contribution in [0, 0.1) is 0 Å². The molecule has 0 spiro atoms. The molecule has 1 saturated heterocycles. The van der Waals surface area contributed by atoms with Crippen molar-refractivity contribution in [3.05, 3.63) is 12.7 Å². The fourth-order valence-corrected chi connectivity index (χ4v) is 3.07. The summed E-state index contributed by atoms with van der Waals surface area (Å²) in [4.78, 5) is 10.8. The van der Waals surface area contributed by atoms with Crippen molar-refractivity contribution in [2.24, 2.45) is 0 Å². The van der Waals surface area contributed by atoms with E-state index in [0.717, 1.165) is 26.1 Å². The lowest BCUT2D eigenvalue weighted by Crippen LogP contribution is -2.52. The van der Waals surface area contributed by atoms with Gasteiger partial charge in [0.05, 0.1) is 33.4 Å². The van der Waals surface area contributed by atoms with Gasteiger partial charge in [0, 0.05) is 6.08 Å². The molecule has 1 fully saturated rings.